The molecule has 0 saturated carbocycles. The molecular weight excluding hydrogens is 479 g/mol. The van der Waals surface area contributed by atoms with Gasteiger partial charge in [0.2, 0.25) is 11.8 Å². The molecule has 2 amide bonds. The quantitative estimate of drug-likeness (QED) is 0.506. The Morgan fingerprint density at radius 3 is 2.44 bits per heavy atom. The van der Waals surface area contributed by atoms with Crippen LogP contribution in [0.3, 0.4) is 0 Å². The molecule has 1 aliphatic heterocycles. The van der Waals surface area contributed by atoms with Crippen LogP contribution in [0.4, 0.5) is 22.0 Å². The summed E-state index contributed by atoms with van der Waals surface area (Å²) in [4.78, 5) is 26.8. The van der Waals surface area contributed by atoms with Crippen LogP contribution in [0.5, 0.6) is 5.75 Å². The lowest BCUT2D eigenvalue weighted by molar-refractivity contribution is -0.274. The highest BCUT2D eigenvalue weighted by atomic mass is 32.2. The van der Waals surface area contributed by atoms with Crippen LogP contribution in [-0.2, 0) is 16.1 Å². The molecule has 3 rings (SSSR count). The third-order valence-corrected chi connectivity index (χ3v) is 6.35. The first-order chi connectivity index (χ1) is 15.9. The molecule has 0 radical (unpaired) electrons. The number of hydrogen-bond donors (Lipinski definition) is 1. The molecule has 1 N–H and O–H groups in total. The summed E-state index contributed by atoms with van der Waals surface area (Å²) >= 11 is 1.09. The molecule has 11 heteroatoms. The maximum absolute atomic E-state index is 13.7. The number of nitrogens with zero attached hydrogens (tertiary/aromatic N) is 1. The Kier molecular flexibility index (Phi) is 8.06. The summed E-state index contributed by atoms with van der Waals surface area (Å²) < 4.78 is 69.4. The zero-order valence-electron chi connectivity index (χ0n) is 18.4. The lowest BCUT2D eigenvalue weighted by atomic mass is 10.1. The smallest absolute Gasteiger partial charge is 0.406 e. The highest BCUT2D eigenvalue weighted by Gasteiger charge is 2.42. The average Bonchev–Trinajstić information content (AvgIpc) is 3.00. The van der Waals surface area contributed by atoms with E-state index in [0.717, 1.165) is 36.0 Å². The largest absolute Gasteiger partial charge is 0.573 e. The highest BCUT2D eigenvalue weighted by Crippen LogP contribution is 2.46. The molecule has 0 aromatic heterocycles. The van der Waals surface area contributed by atoms with Gasteiger partial charge in [-0.25, -0.2) is 8.78 Å². The number of rotatable bonds is 8. The molecule has 1 saturated heterocycles. The van der Waals surface area contributed by atoms with Gasteiger partial charge in [0.1, 0.15) is 22.8 Å². The number of amides is 2. The van der Waals surface area contributed by atoms with Gasteiger partial charge < -0.3 is 15.0 Å². The van der Waals surface area contributed by atoms with Crippen LogP contribution in [0.15, 0.2) is 42.5 Å². The summed E-state index contributed by atoms with van der Waals surface area (Å²) in [6.07, 6.45) is -5.04. The van der Waals surface area contributed by atoms with Gasteiger partial charge in [-0.1, -0.05) is 26.0 Å². The van der Waals surface area contributed by atoms with E-state index in [4.69, 9.17) is 0 Å². The molecule has 0 spiro atoms. The minimum Gasteiger partial charge on any atom is -0.406 e. The zero-order chi connectivity index (χ0) is 25.0. The second kappa shape index (κ2) is 10.6. The van der Waals surface area contributed by atoms with E-state index in [1.54, 1.807) is 0 Å². The molecule has 5 nitrogen and oxygen atoms in total. The number of halogens is 5. The standard InChI is InChI=1S/C23H23F5N2O3S/c1-13(2)11-29-20(31)10-19-21(32)30(12-14-6-16(24)9-17(25)7-14)22(34-19)15-4-3-5-18(8-15)33-23(26,27)28/h3-9,13,19,22H,10-12H2,1-2H3,(H,29,31). The summed E-state index contributed by atoms with van der Waals surface area (Å²) in [5, 5.41) is 1.12. The number of carbonyl (C=O) groups excluding carboxylic acids is 2. The predicted molar refractivity (Wildman–Crippen MR) is 117 cm³/mol. The Labute approximate surface area is 197 Å². The van der Waals surface area contributed by atoms with E-state index in [1.165, 1.54) is 17.0 Å². The lowest BCUT2D eigenvalue weighted by Crippen LogP contribution is -2.34. The normalized spacial score (nSPS) is 18.5. The Balaban J connectivity index is 1.88. The van der Waals surface area contributed by atoms with Crippen LogP contribution >= 0.6 is 11.8 Å². The van der Waals surface area contributed by atoms with E-state index in [1.807, 2.05) is 13.8 Å². The number of hydrogen-bond acceptors (Lipinski definition) is 4. The van der Waals surface area contributed by atoms with Crippen LogP contribution in [0, 0.1) is 17.6 Å². The number of alkyl halides is 3. The third-order valence-electron chi connectivity index (χ3n) is 4.87. The van der Waals surface area contributed by atoms with E-state index in [2.05, 4.69) is 10.1 Å². The first-order valence-electron chi connectivity index (χ1n) is 10.4. The van der Waals surface area contributed by atoms with E-state index in [-0.39, 0.29) is 30.4 Å². The molecule has 0 bridgehead atoms. The molecule has 2 atom stereocenters. The monoisotopic (exact) mass is 502 g/mol. The molecule has 2 aromatic rings. The van der Waals surface area contributed by atoms with Gasteiger partial charge in [-0.05, 0) is 41.3 Å². The van der Waals surface area contributed by atoms with E-state index in [0.29, 0.717) is 18.2 Å². The Morgan fingerprint density at radius 1 is 1.15 bits per heavy atom. The van der Waals surface area contributed by atoms with Gasteiger partial charge >= 0.3 is 6.36 Å². The number of carbonyl (C=O) groups is 2. The first kappa shape index (κ1) is 25.8. The molecule has 184 valence electrons. The molecular formula is C23H23F5N2O3S. The van der Waals surface area contributed by atoms with Gasteiger partial charge in [0, 0.05) is 25.6 Å². The van der Waals surface area contributed by atoms with Gasteiger partial charge in [0.25, 0.3) is 0 Å². The minimum atomic E-state index is -4.90. The van der Waals surface area contributed by atoms with Crippen molar-refractivity contribution < 1.29 is 36.3 Å². The minimum absolute atomic E-state index is 0.139. The number of nitrogens with one attached hydrogen (secondary N) is 1. The Morgan fingerprint density at radius 2 is 1.82 bits per heavy atom. The second-order valence-corrected chi connectivity index (χ2v) is 9.53. The van der Waals surface area contributed by atoms with E-state index < -0.39 is 40.3 Å². The van der Waals surface area contributed by atoms with Crippen molar-refractivity contribution in [3.8, 4) is 5.75 Å². The van der Waals surface area contributed by atoms with Crippen molar-refractivity contribution in [2.75, 3.05) is 6.54 Å². The van der Waals surface area contributed by atoms with Gasteiger partial charge in [0.15, 0.2) is 0 Å². The highest BCUT2D eigenvalue weighted by molar-refractivity contribution is 8.01. The van der Waals surface area contributed by atoms with Gasteiger partial charge in [-0.2, -0.15) is 0 Å². The van der Waals surface area contributed by atoms with Gasteiger partial charge in [0.05, 0.1) is 5.25 Å². The van der Waals surface area contributed by atoms with Gasteiger partial charge in [-0.15, -0.1) is 24.9 Å². The molecule has 2 unspecified atom stereocenters. The van der Waals surface area contributed by atoms with Crippen molar-refractivity contribution in [2.45, 2.75) is 43.8 Å². The SMILES string of the molecule is CC(C)CNC(=O)CC1SC(c2cccc(OC(F)(F)F)c2)N(Cc2cc(F)cc(F)c2)C1=O. The number of thioether (sulfide) groups is 1. The number of benzene rings is 2. The first-order valence-corrected chi connectivity index (χ1v) is 11.4. The van der Waals surface area contributed by atoms with Crippen molar-refractivity contribution in [3.05, 3.63) is 65.2 Å². The van der Waals surface area contributed by atoms with Crippen molar-refractivity contribution in [2.24, 2.45) is 5.92 Å². The maximum atomic E-state index is 13.7. The zero-order valence-corrected chi connectivity index (χ0v) is 19.2. The molecule has 0 aliphatic carbocycles. The van der Waals surface area contributed by atoms with Crippen molar-refractivity contribution >= 4 is 23.6 Å². The van der Waals surface area contributed by atoms with Crippen LogP contribution in [0.25, 0.3) is 0 Å². The summed E-state index contributed by atoms with van der Waals surface area (Å²) in [6.45, 7) is 4.07. The summed E-state index contributed by atoms with van der Waals surface area (Å²) in [6, 6.07) is 7.99. The molecule has 34 heavy (non-hydrogen) atoms. The van der Waals surface area contributed by atoms with Gasteiger partial charge in [-0.3, -0.25) is 9.59 Å². The molecule has 1 fully saturated rings. The van der Waals surface area contributed by atoms with Crippen molar-refractivity contribution in [3.63, 3.8) is 0 Å². The topological polar surface area (TPSA) is 58.6 Å². The Bertz CT molecular complexity index is 1030. The number of ether oxygens (including phenoxy) is 1. The van der Waals surface area contributed by atoms with Crippen LogP contribution in [0.2, 0.25) is 0 Å². The molecule has 1 aliphatic rings. The molecule has 1 heterocycles. The fourth-order valence-electron chi connectivity index (χ4n) is 3.47. The third kappa shape index (κ3) is 7.09. The van der Waals surface area contributed by atoms with Crippen LogP contribution < -0.4 is 10.1 Å². The fraction of sp³-hybridized carbons (Fsp3) is 0.391. The summed E-state index contributed by atoms with van der Waals surface area (Å²) in [5.41, 5.74) is 0.492. The predicted octanol–water partition coefficient (Wildman–Crippen LogP) is 5.17. The second-order valence-electron chi connectivity index (χ2n) is 8.24. The van der Waals surface area contributed by atoms with Crippen LogP contribution in [-0.4, -0.2) is 34.9 Å². The summed E-state index contributed by atoms with van der Waals surface area (Å²) in [7, 11) is 0. The maximum Gasteiger partial charge on any atom is 0.573 e. The fourth-order valence-corrected chi connectivity index (χ4v) is 4.90. The average molecular weight is 503 g/mol. The van der Waals surface area contributed by atoms with E-state index in [9.17, 15) is 31.5 Å². The lowest BCUT2D eigenvalue weighted by Gasteiger charge is -2.25. The Hall–Kier alpha value is -2.82. The van der Waals surface area contributed by atoms with Crippen molar-refractivity contribution in [1.82, 2.24) is 10.2 Å². The molecule has 2 aromatic carbocycles. The van der Waals surface area contributed by atoms with Crippen LogP contribution in [0.1, 0.15) is 36.8 Å². The van der Waals surface area contributed by atoms with Crippen molar-refractivity contribution in [1.29, 1.82) is 0 Å². The summed E-state index contributed by atoms with van der Waals surface area (Å²) in [5.74, 6) is -2.70. The van der Waals surface area contributed by atoms with E-state index >= 15 is 0 Å².